The van der Waals surface area contributed by atoms with E-state index in [9.17, 15) is 18.0 Å². The first kappa shape index (κ1) is 21.8. The molecule has 0 aromatic heterocycles. The predicted octanol–water partition coefficient (Wildman–Crippen LogP) is 3.54. The van der Waals surface area contributed by atoms with Gasteiger partial charge in [0.05, 0.1) is 6.04 Å². The summed E-state index contributed by atoms with van der Waals surface area (Å²) >= 11 is 0. The molecule has 0 saturated carbocycles. The first-order valence-electron chi connectivity index (χ1n) is 7.64. The van der Waals surface area contributed by atoms with Gasteiger partial charge < -0.3 is 15.4 Å². The van der Waals surface area contributed by atoms with E-state index < -0.39 is 12.4 Å². The number of amides is 1. The summed E-state index contributed by atoms with van der Waals surface area (Å²) in [5, 5.41) is 0. The summed E-state index contributed by atoms with van der Waals surface area (Å²) in [5.41, 5.74) is 7.41. The number of hydrogen-bond donors (Lipinski definition) is 1. The summed E-state index contributed by atoms with van der Waals surface area (Å²) in [4.78, 5) is 13.7. The lowest BCUT2D eigenvalue weighted by Crippen LogP contribution is -2.42. The number of carbonyl (C=O) groups is 1. The number of nitrogens with zero attached hydrogens (tertiary/aromatic N) is 1. The number of rotatable bonds is 6. The third-order valence-electron chi connectivity index (χ3n) is 3.54. The van der Waals surface area contributed by atoms with Crippen LogP contribution < -0.4 is 10.5 Å². The van der Waals surface area contributed by atoms with Crippen molar-refractivity contribution in [2.24, 2.45) is 5.73 Å². The molecule has 0 saturated heterocycles. The quantitative estimate of drug-likeness (QED) is 0.823. The molecule has 2 aromatic carbocycles. The van der Waals surface area contributed by atoms with E-state index in [0.717, 1.165) is 5.56 Å². The minimum absolute atomic E-state index is 0. The summed E-state index contributed by atoms with van der Waals surface area (Å²) in [6.07, 6.45) is -4.36. The molecular weight excluding hydrogens is 369 g/mol. The van der Waals surface area contributed by atoms with Gasteiger partial charge in [0.15, 0.2) is 0 Å². The van der Waals surface area contributed by atoms with Crippen molar-refractivity contribution in [2.75, 3.05) is 7.05 Å². The van der Waals surface area contributed by atoms with Crippen LogP contribution in [0.1, 0.15) is 11.1 Å². The summed E-state index contributed by atoms with van der Waals surface area (Å²) in [5.74, 6) is -0.606. The Labute approximate surface area is 156 Å². The zero-order valence-electron chi connectivity index (χ0n) is 14.1. The second-order valence-corrected chi connectivity index (χ2v) is 5.69. The number of benzene rings is 2. The highest BCUT2D eigenvalue weighted by molar-refractivity contribution is 5.85. The number of ether oxygens (including phenoxy) is 1. The fourth-order valence-electron chi connectivity index (χ4n) is 2.43. The van der Waals surface area contributed by atoms with Crippen LogP contribution >= 0.6 is 12.4 Å². The Morgan fingerprint density at radius 2 is 1.73 bits per heavy atom. The Hall–Kier alpha value is -2.25. The molecular formula is C18H20ClF3N2O2. The maximum Gasteiger partial charge on any atom is 0.573 e. The van der Waals surface area contributed by atoms with E-state index >= 15 is 0 Å². The Kier molecular flexibility index (Phi) is 7.92. The van der Waals surface area contributed by atoms with Crippen LogP contribution in [0.25, 0.3) is 0 Å². The van der Waals surface area contributed by atoms with Gasteiger partial charge in [-0.25, -0.2) is 0 Å². The van der Waals surface area contributed by atoms with Gasteiger partial charge in [-0.05, 0) is 29.7 Å². The van der Waals surface area contributed by atoms with Crippen LogP contribution in [-0.2, 0) is 17.8 Å². The van der Waals surface area contributed by atoms with E-state index in [1.165, 1.54) is 23.1 Å². The molecule has 0 heterocycles. The van der Waals surface area contributed by atoms with Gasteiger partial charge in [0.1, 0.15) is 5.75 Å². The normalized spacial score (nSPS) is 12.0. The first-order valence-corrected chi connectivity index (χ1v) is 7.64. The largest absolute Gasteiger partial charge is 0.573 e. The fraction of sp³-hybridized carbons (Fsp3) is 0.278. The highest BCUT2D eigenvalue weighted by Gasteiger charge is 2.31. The molecule has 0 aliphatic rings. The van der Waals surface area contributed by atoms with Gasteiger partial charge in [0.2, 0.25) is 5.91 Å². The van der Waals surface area contributed by atoms with E-state index in [1.54, 1.807) is 13.1 Å². The summed E-state index contributed by atoms with van der Waals surface area (Å²) in [7, 11) is 1.56. The standard InChI is InChI=1S/C18H19F3N2O2.ClH/c1-23(17(24)16(22)11-13-6-3-2-4-7-13)12-14-8-5-9-15(10-14)25-18(19,20)21;/h2-10,16H,11-12,22H2,1H3;1H/t16-;/m0./s1. The number of halogens is 4. The highest BCUT2D eigenvalue weighted by Crippen LogP contribution is 2.23. The van der Waals surface area contributed by atoms with E-state index in [4.69, 9.17) is 5.73 Å². The zero-order chi connectivity index (χ0) is 18.4. The minimum Gasteiger partial charge on any atom is -0.406 e. The van der Waals surface area contributed by atoms with Crippen molar-refractivity contribution in [2.45, 2.75) is 25.4 Å². The molecule has 2 aromatic rings. The molecule has 1 atom stereocenters. The van der Waals surface area contributed by atoms with Crippen molar-refractivity contribution < 1.29 is 22.7 Å². The molecule has 1 amide bonds. The van der Waals surface area contributed by atoms with Crippen molar-refractivity contribution >= 4 is 18.3 Å². The monoisotopic (exact) mass is 388 g/mol. The van der Waals surface area contributed by atoms with Crippen molar-refractivity contribution in [3.8, 4) is 5.75 Å². The van der Waals surface area contributed by atoms with E-state index in [1.807, 2.05) is 30.3 Å². The Morgan fingerprint density at radius 1 is 1.12 bits per heavy atom. The van der Waals surface area contributed by atoms with Gasteiger partial charge in [0, 0.05) is 13.6 Å². The van der Waals surface area contributed by atoms with Gasteiger partial charge in [0.25, 0.3) is 0 Å². The number of hydrogen-bond acceptors (Lipinski definition) is 3. The van der Waals surface area contributed by atoms with Crippen molar-refractivity contribution in [3.63, 3.8) is 0 Å². The smallest absolute Gasteiger partial charge is 0.406 e. The number of likely N-dealkylation sites (N-methyl/N-ethyl adjacent to an activating group) is 1. The van der Waals surface area contributed by atoms with Crippen LogP contribution in [0.4, 0.5) is 13.2 Å². The molecule has 0 fully saturated rings. The number of carbonyl (C=O) groups excluding carboxylic acids is 1. The Morgan fingerprint density at radius 3 is 2.35 bits per heavy atom. The molecule has 0 aliphatic carbocycles. The second kappa shape index (κ2) is 9.45. The molecule has 2 N–H and O–H groups in total. The van der Waals surface area contributed by atoms with E-state index in [0.29, 0.717) is 12.0 Å². The third-order valence-corrected chi connectivity index (χ3v) is 3.54. The lowest BCUT2D eigenvalue weighted by atomic mass is 10.1. The number of nitrogens with two attached hydrogens (primary N) is 1. The fourth-order valence-corrected chi connectivity index (χ4v) is 2.43. The maximum atomic E-state index is 12.4. The average Bonchev–Trinajstić information content (AvgIpc) is 2.53. The molecule has 4 nitrogen and oxygen atoms in total. The van der Waals surface area contributed by atoms with E-state index in [-0.39, 0.29) is 30.6 Å². The Balaban J connectivity index is 0.00000338. The predicted molar refractivity (Wildman–Crippen MR) is 95.0 cm³/mol. The zero-order valence-corrected chi connectivity index (χ0v) is 14.9. The van der Waals surface area contributed by atoms with Gasteiger partial charge in [-0.2, -0.15) is 0 Å². The van der Waals surface area contributed by atoms with Crippen molar-refractivity contribution in [1.82, 2.24) is 4.90 Å². The summed E-state index contributed by atoms with van der Waals surface area (Å²) < 4.78 is 40.7. The lowest BCUT2D eigenvalue weighted by Gasteiger charge is -2.22. The minimum atomic E-state index is -4.75. The average molecular weight is 389 g/mol. The van der Waals surface area contributed by atoms with Gasteiger partial charge >= 0.3 is 6.36 Å². The maximum absolute atomic E-state index is 12.4. The molecule has 0 radical (unpaired) electrons. The molecule has 0 bridgehead atoms. The molecule has 0 aliphatic heterocycles. The second-order valence-electron chi connectivity index (χ2n) is 5.69. The highest BCUT2D eigenvalue weighted by atomic mass is 35.5. The Bertz CT molecular complexity index is 711. The van der Waals surface area contributed by atoms with Crippen LogP contribution in [0.15, 0.2) is 54.6 Å². The molecule has 0 unspecified atom stereocenters. The molecule has 142 valence electrons. The van der Waals surface area contributed by atoms with Crippen LogP contribution in [0, 0.1) is 0 Å². The van der Waals surface area contributed by atoms with Crippen LogP contribution in [-0.4, -0.2) is 30.3 Å². The molecule has 2 rings (SSSR count). The summed E-state index contributed by atoms with van der Waals surface area (Å²) in [6, 6.07) is 14.2. The molecule has 0 spiro atoms. The van der Waals surface area contributed by atoms with Crippen LogP contribution in [0.3, 0.4) is 0 Å². The van der Waals surface area contributed by atoms with E-state index in [2.05, 4.69) is 4.74 Å². The van der Waals surface area contributed by atoms with Crippen molar-refractivity contribution in [3.05, 3.63) is 65.7 Å². The summed E-state index contributed by atoms with van der Waals surface area (Å²) in [6.45, 7) is 0.135. The van der Waals surface area contributed by atoms with Crippen LogP contribution in [0.2, 0.25) is 0 Å². The number of alkyl halides is 3. The third kappa shape index (κ3) is 6.93. The lowest BCUT2D eigenvalue weighted by molar-refractivity contribution is -0.274. The first-order chi connectivity index (χ1) is 11.7. The van der Waals surface area contributed by atoms with Gasteiger partial charge in [-0.3, -0.25) is 4.79 Å². The van der Waals surface area contributed by atoms with Crippen LogP contribution in [0.5, 0.6) is 5.75 Å². The SMILES string of the molecule is CN(Cc1cccc(OC(F)(F)F)c1)C(=O)[C@@H](N)Cc1ccccc1.Cl. The molecule has 8 heteroatoms. The topological polar surface area (TPSA) is 55.6 Å². The van der Waals surface area contributed by atoms with Gasteiger partial charge in [-0.1, -0.05) is 42.5 Å². The molecule has 26 heavy (non-hydrogen) atoms. The van der Waals surface area contributed by atoms with Crippen molar-refractivity contribution in [1.29, 1.82) is 0 Å². The van der Waals surface area contributed by atoms with Gasteiger partial charge in [-0.15, -0.1) is 25.6 Å².